The van der Waals surface area contributed by atoms with Crippen molar-refractivity contribution < 1.29 is 40.7 Å². The summed E-state index contributed by atoms with van der Waals surface area (Å²) in [6, 6.07) is 2.15. The van der Waals surface area contributed by atoms with E-state index in [1.165, 1.54) is 11.0 Å². The van der Waals surface area contributed by atoms with Gasteiger partial charge in [-0.25, -0.2) is 4.79 Å². The average molecular weight is 481 g/mol. The first-order valence-electron chi connectivity index (χ1n) is 10.4. The van der Waals surface area contributed by atoms with Gasteiger partial charge in [0.25, 0.3) is 0 Å². The highest BCUT2D eigenvalue weighted by Crippen LogP contribution is 2.40. The van der Waals surface area contributed by atoms with E-state index in [1.807, 2.05) is 0 Å². The van der Waals surface area contributed by atoms with Crippen molar-refractivity contribution in [2.45, 2.75) is 51.7 Å². The second-order valence-corrected chi connectivity index (χ2v) is 9.02. The van der Waals surface area contributed by atoms with Crippen molar-refractivity contribution in [3.8, 4) is 0 Å². The minimum absolute atomic E-state index is 0.0550. The van der Waals surface area contributed by atoms with E-state index in [0.29, 0.717) is 10.6 Å². The average Bonchev–Trinajstić information content (AvgIpc) is 2.69. The Morgan fingerprint density at radius 2 is 1.45 bits per heavy atom. The van der Waals surface area contributed by atoms with Crippen molar-refractivity contribution in [3.05, 3.63) is 28.8 Å². The van der Waals surface area contributed by atoms with E-state index in [9.17, 15) is 35.9 Å². The fourth-order valence-electron chi connectivity index (χ4n) is 4.03. The molecule has 2 heterocycles. The van der Waals surface area contributed by atoms with Crippen LogP contribution in [0.1, 0.15) is 37.5 Å². The zero-order chi connectivity index (χ0) is 24.8. The third-order valence-electron chi connectivity index (χ3n) is 5.49. The van der Waals surface area contributed by atoms with Gasteiger partial charge in [-0.15, -0.1) is 0 Å². The number of ether oxygens (including phenoxy) is 1. The molecule has 0 aliphatic carbocycles. The molecule has 0 N–H and O–H groups in total. The van der Waals surface area contributed by atoms with Crippen molar-refractivity contribution in [2.75, 3.05) is 37.6 Å². The molecular formula is C21H25F6N3O3. The molecule has 1 aromatic rings. The maximum atomic E-state index is 13.5. The third-order valence-corrected chi connectivity index (χ3v) is 5.49. The molecule has 2 amide bonds. The number of alkyl halides is 6. The smallest absolute Gasteiger partial charge is 0.444 e. The van der Waals surface area contributed by atoms with E-state index in [-0.39, 0.29) is 43.7 Å². The Hall–Kier alpha value is -2.66. The number of anilines is 1. The molecule has 6 nitrogen and oxygen atoms in total. The van der Waals surface area contributed by atoms with Gasteiger partial charge in [-0.1, -0.05) is 0 Å². The molecule has 1 saturated heterocycles. The van der Waals surface area contributed by atoms with Crippen molar-refractivity contribution in [3.63, 3.8) is 0 Å². The number of hydrogen-bond donors (Lipinski definition) is 0. The van der Waals surface area contributed by atoms with E-state index in [1.54, 1.807) is 25.7 Å². The van der Waals surface area contributed by atoms with E-state index in [0.717, 1.165) is 6.07 Å². The van der Waals surface area contributed by atoms with Crippen molar-refractivity contribution >= 4 is 17.7 Å². The van der Waals surface area contributed by atoms with Gasteiger partial charge >= 0.3 is 24.4 Å². The molecule has 0 aromatic heterocycles. The molecule has 3 rings (SSSR count). The van der Waals surface area contributed by atoms with Gasteiger partial charge in [0.2, 0.25) is 0 Å². The molecule has 184 valence electrons. The number of carbonyl (C=O) groups excluding carboxylic acids is 2. The van der Waals surface area contributed by atoms with Gasteiger partial charge in [0, 0.05) is 45.0 Å². The molecule has 2 aliphatic rings. The van der Waals surface area contributed by atoms with Crippen LogP contribution in [0.4, 0.5) is 36.8 Å². The zero-order valence-corrected chi connectivity index (χ0v) is 18.4. The second kappa shape index (κ2) is 8.60. The first-order chi connectivity index (χ1) is 15.1. The van der Waals surface area contributed by atoms with Gasteiger partial charge in [0.1, 0.15) is 5.60 Å². The Kier molecular flexibility index (Phi) is 6.51. The van der Waals surface area contributed by atoms with Crippen LogP contribution in [0.15, 0.2) is 12.1 Å². The number of benzene rings is 1. The topological polar surface area (TPSA) is 53.1 Å². The van der Waals surface area contributed by atoms with Gasteiger partial charge in [-0.3, -0.25) is 4.79 Å². The van der Waals surface area contributed by atoms with Gasteiger partial charge < -0.3 is 19.4 Å². The lowest BCUT2D eigenvalue weighted by Crippen LogP contribution is -2.51. The number of nitrogens with zero attached hydrogens (tertiary/aromatic N) is 3. The normalized spacial score (nSPS) is 17.7. The van der Waals surface area contributed by atoms with Crippen molar-refractivity contribution in [2.24, 2.45) is 0 Å². The summed E-state index contributed by atoms with van der Waals surface area (Å²) in [6.07, 6.45) is -10.6. The Bertz CT molecular complexity index is 916. The first-order valence-corrected chi connectivity index (χ1v) is 10.4. The van der Waals surface area contributed by atoms with Crippen LogP contribution >= 0.6 is 0 Å². The standard InChI is InChI=1S/C21H25F6N3O3/c1-19(2,3)33-18(32)29-10-8-28(9-11-29)16-5-4-15(20(22,23)24)13-6-7-30(12-14(13)16)17(31)21(25,26)27/h4-5H,6-12H2,1-3H3. The molecule has 1 aromatic carbocycles. The van der Waals surface area contributed by atoms with Crippen LogP contribution in [-0.2, 0) is 28.7 Å². The van der Waals surface area contributed by atoms with Crippen LogP contribution in [-0.4, -0.2) is 66.3 Å². The number of halogens is 6. The fraction of sp³-hybridized carbons (Fsp3) is 0.619. The summed E-state index contributed by atoms with van der Waals surface area (Å²) in [5.74, 6) is -2.08. The van der Waals surface area contributed by atoms with E-state index < -0.39 is 48.6 Å². The van der Waals surface area contributed by atoms with Gasteiger partial charge in [-0.05, 0) is 50.5 Å². The van der Waals surface area contributed by atoms with Gasteiger partial charge in [0.05, 0.1) is 5.56 Å². The third kappa shape index (κ3) is 5.64. The maximum absolute atomic E-state index is 13.5. The summed E-state index contributed by atoms with van der Waals surface area (Å²) in [6.45, 7) is 5.13. The molecule has 0 bridgehead atoms. The SMILES string of the molecule is CC(C)(C)OC(=O)N1CCN(c2ccc(C(F)(F)F)c3c2CN(C(=O)C(F)(F)F)CC3)CC1. The number of fused-ring (bicyclic) bond motifs is 1. The monoisotopic (exact) mass is 481 g/mol. The summed E-state index contributed by atoms with van der Waals surface area (Å²) in [5.41, 5.74) is -1.30. The van der Waals surface area contributed by atoms with Crippen molar-refractivity contribution in [1.82, 2.24) is 9.80 Å². The summed E-state index contributed by atoms with van der Waals surface area (Å²) < 4.78 is 84.8. The Morgan fingerprint density at radius 1 is 0.848 bits per heavy atom. The summed E-state index contributed by atoms with van der Waals surface area (Å²) in [7, 11) is 0. The van der Waals surface area contributed by atoms with Crippen LogP contribution in [0.3, 0.4) is 0 Å². The molecule has 33 heavy (non-hydrogen) atoms. The highest BCUT2D eigenvalue weighted by atomic mass is 19.4. The molecular weight excluding hydrogens is 456 g/mol. The number of hydrogen-bond acceptors (Lipinski definition) is 4. The summed E-state index contributed by atoms with van der Waals surface area (Å²) in [4.78, 5) is 27.7. The lowest BCUT2D eigenvalue weighted by atomic mass is 9.91. The van der Waals surface area contributed by atoms with Crippen LogP contribution in [0.5, 0.6) is 0 Å². The zero-order valence-electron chi connectivity index (χ0n) is 18.4. The number of rotatable bonds is 1. The summed E-state index contributed by atoms with van der Waals surface area (Å²) in [5, 5.41) is 0. The Labute approximate surface area is 187 Å². The number of amides is 2. The summed E-state index contributed by atoms with van der Waals surface area (Å²) >= 11 is 0. The van der Waals surface area contributed by atoms with Crippen LogP contribution in [0.2, 0.25) is 0 Å². The van der Waals surface area contributed by atoms with E-state index in [2.05, 4.69) is 0 Å². The Balaban J connectivity index is 1.87. The highest BCUT2D eigenvalue weighted by molar-refractivity contribution is 5.82. The molecule has 1 fully saturated rings. The first kappa shape index (κ1) is 25.0. The van der Waals surface area contributed by atoms with Gasteiger partial charge in [0.15, 0.2) is 0 Å². The van der Waals surface area contributed by atoms with Crippen LogP contribution in [0, 0.1) is 0 Å². The van der Waals surface area contributed by atoms with E-state index in [4.69, 9.17) is 4.74 Å². The second-order valence-electron chi connectivity index (χ2n) is 9.02. The van der Waals surface area contributed by atoms with E-state index >= 15 is 0 Å². The molecule has 0 atom stereocenters. The quantitative estimate of drug-likeness (QED) is 0.564. The molecule has 0 spiro atoms. The highest BCUT2D eigenvalue weighted by Gasteiger charge is 2.45. The Morgan fingerprint density at radius 3 is 1.97 bits per heavy atom. The lowest BCUT2D eigenvalue weighted by molar-refractivity contribution is -0.186. The van der Waals surface area contributed by atoms with Crippen LogP contribution in [0.25, 0.3) is 0 Å². The minimum Gasteiger partial charge on any atom is -0.444 e. The molecule has 12 heteroatoms. The van der Waals surface area contributed by atoms with Gasteiger partial charge in [-0.2, -0.15) is 26.3 Å². The fourth-order valence-corrected chi connectivity index (χ4v) is 4.03. The van der Waals surface area contributed by atoms with Crippen LogP contribution < -0.4 is 4.90 Å². The maximum Gasteiger partial charge on any atom is 0.471 e. The minimum atomic E-state index is -5.11. The lowest BCUT2D eigenvalue weighted by Gasteiger charge is -2.40. The molecule has 0 saturated carbocycles. The molecule has 2 aliphatic heterocycles. The van der Waals surface area contributed by atoms with Crippen molar-refractivity contribution in [1.29, 1.82) is 0 Å². The predicted molar refractivity (Wildman–Crippen MR) is 107 cm³/mol. The molecule has 0 unspecified atom stereocenters. The largest absolute Gasteiger partial charge is 0.471 e. The molecule has 0 radical (unpaired) electrons. The number of carbonyl (C=O) groups is 2. The number of piperazine rings is 1. The predicted octanol–water partition coefficient (Wildman–Crippen LogP) is 4.21.